The maximum atomic E-state index is 13.1. The maximum Gasteiger partial charge on any atom is 0.247 e. The van der Waals surface area contributed by atoms with E-state index in [1.807, 2.05) is 49.4 Å². The van der Waals surface area contributed by atoms with E-state index in [1.54, 1.807) is 17.3 Å². The van der Waals surface area contributed by atoms with Gasteiger partial charge in [0.1, 0.15) is 6.04 Å². The highest BCUT2D eigenvalue weighted by Crippen LogP contribution is 2.26. The van der Waals surface area contributed by atoms with Gasteiger partial charge in [-0.25, -0.2) is 0 Å². The second kappa shape index (κ2) is 7.92. The van der Waals surface area contributed by atoms with Crippen molar-refractivity contribution >= 4 is 11.8 Å². The lowest BCUT2D eigenvalue weighted by atomic mass is 9.99. The molecule has 1 fully saturated rings. The first-order valence-corrected chi connectivity index (χ1v) is 8.71. The van der Waals surface area contributed by atoms with Crippen LogP contribution in [0.3, 0.4) is 0 Å². The number of hydrogen-bond donors (Lipinski definition) is 1. The Morgan fingerprint density at radius 2 is 1.80 bits per heavy atom. The molecule has 5 heteroatoms. The van der Waals surface area contributed by atoms with Crippen LogP contribution in [0.1, 0.15) is 49.4 Å². The second-order valence-corrected chi connectivity index (χ2v) is 6.37. The van der Waals surface area contributed by atoms with Gasteiger partial charge < -0.3 is 10.2 Å². The largest absolute Gasteiger partial charge is 0.347 e. The molecule has 0 spiro atoms. The molecule has 2 heterocycles. The number of nitrogens with one attached hydrogen (secondary N) is 1. The molecular formula is C20H23N3O2. The number of pyridine rings is 1. The summed E-state index contributed by atoms with van der Waals surface area (Å²) in [5.74, 6) is -0.0995. The predicted octanol–water partition coefficient (Wildman–Crippen LogP) is 3.01. The van der Waals surface area contributed by atoms with Gasteiger partial charge in [0.15, 0.2) is 0 Å². The lowest BCUT2D eigenvalue weighted by Crippen LogP contribution is -2.46. The number of amides is 2. The quantitative estimate of drug-likeness (QED) is 0.912. The summed E-state index contributed by atoms with van der Waals surface area (Å²) in [5, 5.41) is 3.05. The molecule has 0 aliphatic carbocycles. The van der Waals surface area contributed by atoms with Crippen LogP contribution in [0.15, 0.2) is 54.9 Å². The fourth-order valence-electron chi connectivity index (χ4n) is 3.24. The van der Waals surface area contributed by atoms with Gasteiger partial charge in [-0.15, -0.1) is 0 Å². The van der Waals surface area contributed by atoms with Crippen molar-refractivity contribution in [3.05, 3.63) is 66.0 Å². The zero-order valence-electron chi connectivity index (χ0n) is 14.4. The summed E-state index contributed by atoms with van der Waals surface area (Å²) in [7, 11) is 0. The predicted molar refractivity (Wildman–Crippen MR) is 95.5 cm³/mol. The molecule has 0 saturated carbocycles. The van der Waals surface area contributed by atoms with Crippen molar-refractivity contribution in [2.45, 2.75) is 38.3 Å². The van der Waals surface area contributed by atoms with Crippen molar-refractivity contribution in [3.63, 3.8) is 0 Å². The fraction of sp³-hybridized carbons (Fsp3) is 0.350. The monoisotopic (exact) mass is 337 g/mol. The molecule has 1 aliphatic heterocycles. The maximum absolute atomic E-state index is 13.1. The van der Waals surface area contributed by atoms with E-state index < -0.39 is 6.04 Å². The van der Waals surface area contributed by atoms with Crippen LogP contribution in [0.2, 0.25) is 0 Å². The van der Waals surface area contributed by atoms with Crippen LogP contribution in [0, 0.1) is 0 Å². The first-order chi connectivity index (χ1) is 12.2. The molecule has 0 radical (unpaired) electrons. The van der Waals surface area contributed by atoms with Crippen molar-refractivity contribution in [1.29, 1.82) is 0 Å². The SMILES string of the molecule is CC(NC(=O)C(c1ccccc1)N1CCCCC1=O)c1ccncc1. The van der Waals surface area contributed by atoms with Gasteiger partial charge in [-0.2, -0.15) is 0 Å². The second-order valence-electron chi connectivity index (χ2n) is 6.37. The molecular weight excluding hydrogens is 314 g/mol. The Kier molecular flexibility index (Phi) is 5.43. The highest BCUT2D eigenvalue weighted by molar-refractivity contribution is 5.89. The lowest BCUT2D eigenvalue weighted by Gasteiger charge is -2.34. The van der Waals surface area contributed by atoms with Crippen molar-refractivity contribution in [3.8, 4) is 0 Å². The topological polar surface area (TPSA) is 62.3 Å². The Morgan fingerprint density at radius 1 is 1.08 bits per heavy atom. The Labute approximate surface area is 148 Å². The van der Waals surface area contributed by atoms with Crippen molar-refractivity contribution in [2.75, 3.05) is 6.54 Å². The molecule has 1 N–H and O–H groups in total. The Balaban J connectivity index is 1.83. The number of piperidine rings is 1. The van der Waals surface area contributed by atoms with Crippen LogP contribution in [-0.2, 0) is 9.59 Å². The molecule has 2 unspecified atom stereocenters. The number of carbonyl (C=O) groups excluding carboxylic acids is 2. The minimum absolute atomic E-state index is 0.0480. The van der Waals surface area contributed by atoms with Gasteiger partial charge in [-0.3, -0.25) is 14.6 Å². The fourth-order valence-corrected chi connectivity index (χ4v) is 3.24. The number of hydrogen-bond acceptors (Lipinski definition) is 3. The highest BCUT2D eigenvalue weighted by atomic mass is 16.2. The van der Waals surface area contributed by atoms with E-state index in [0.29, 0.717) is 13.0 Å². The molecule has 130 valence electrons. The van der Waals surface area contributed by atoms with E-state index in [4.69, 9.17) is 0 Å². The summed E-state index contributed by atoms with van der Waals surface area (Å²) in [4.78, 5) is 31.2. The molecule has 0 bridgehead atoms. The Hall–Kier alpha value is -2.69. The lowest BCUT2D eigenvalue weighted by molar-refractivity contribution is -0.143. The van der Waals surface area contributed by atoms with E-state index in [1.165, 1.54) is 0 Å². The smallest absolute Gasteiger partial charge is 0.247 e. The molecule has 2 aromatic rings. The van der Waals surface area contributed by atoms with Crippen LogP contribution in [0.25, 0.3) is 0 Å². The van der Waals surface area contributed by atoms with Crippen molar-refractivity contribution in [2.24, 2.45) is 0 Å². The van der Waals surface area contributed by atoms with Gasteiger partial charge >= 0.3 is 0 Å². The molecule has 25 heavy (non-hydrogen) atoms. The minimum Gasteiger partial charge on any atom is -0.347 e. The molecule has 2 amide bonds. The average Bonchev–Trinajstić information content (AvgIpc) is 2.65. The number of rotatable bonds is 5. The molecule has 2 atom stereocenters. The molecule has 1 aliphatic rings. The number of aromatic nitrogens is 1. The third-order valence-corrected chi connectivity index (χ3v) is 4.60. The van der Waals surface area contributed by atoms with Crippen molar-refractivity contribution in [1.82, 2.24) is 15.2 Å². The Bertz CT molecular complexity index is 718. The molecule has 1 aromatic carbocycles. The van der Waals surface area contributed by atoms with Crippen LogP contribution in [0.4, 0.5) is 0 Å². The third-order valence-electron chi connectivity index (χ3n) is 4.60. The zero-order chi connectivity index (χ0) is 17.6. The normalized spacial score (nSPS) is 17.0. The Morgan fingerprint density at radius 3 is 2.48 bits per heavy atom. The van der Waals surface area contributed by atoms with Crippen LogP contribution >= 0.6 is 0 Å². The molecule has 5 nitrogen and oxygen atoms in total. The number of benzene rings is 1. The van der Waals surface area contributed by atoms with E-state index in [-0.39, 0.29) is 17.9 Å². The van der Waals surface area contributed by atoms with Crippen LogP contribution < -0.4 is 5.32 Å². The first kappa shape index (κ1) is 17.1. The molecule has 1 saturated heterocycles. The summed E-state index contributed by atoms with van der Waals surface area (Å²) in [6.07, 6.45) is 5.76. The van der Waals surface area contributed by atoms with E-state index >= 15 is 0 Å². The van der Waals surface area contributed by atoms with Gasteiger partial charge in [0, 0.05) is 25.4 Å². The van der Waals surface area contributed by atoms with E-state index in [9.17, 15) is 9.59 Å². The summed E-state index contributed by atoms with van der Waals surface area (Å²) in [6, 6.07) is 12.6. The summed E-state index contributed by atoms with van der Waals surface area (Å²) in [5.41, 5.74) is 1.83. The number of carbonyl (C=O) groups is 2. The van der Waals surface area contributed by atoms with Gasteiger partial charge in [0.2, 0.25) is 11.8 Å². The zero-order valence-corrected chi connectivity index (χ0v) is 14.4. The first-order valence-electron chi connectivity index (χ1n) is 8.71. The van der Waals surface area contributed by atoms with E-state index in [0.717, 1.165) is 24.0 Å². The third kappa shape index (κ3) is 4.05. The standard InChI is InChI=1S/C20H23N3O2/c1-15(16-10-12-21-13-11-16)22-20(25)19(17-7-3-2-4-8-17)23-14-6-5-9-18(23)24/h2-4,7-8,10-13,15,19H,5-6,9,14H2,1H3,(H,22,25). The molecule has 3 rings (SSSR count). The number of likely N-dealkylation sites (tertiary alicyclic amines) is 1. The molecule has 1 aromatic heterocycles. The van der Waals surface area contributed by atoms with Gasteiger partial charge in [-0.1, -0.05) is 30.3 Å². The summed E-state index contributed by atoms with van der Waals surface area (Å²) in [6.45, 7) is 2.56. The van der Waals surface area contributed by atoms with Crippen LogP contribution in [-0.4, -0.2) is 28.2 Å². The summed E-state index contributed by atoms with van der Waals surface area (Å²) >= 11 is 0. The minimum atomic E-state index is -0.585. The van der Waals surface area contributed by atoms with E-state index in [2.05, 4.69) is 10.3 Å². The average molecular weight is 337 g/mol. The number of nitrogens with zero attached hydrogens (tertiary/aromatic N) is 2. The van der Waals surface area contributed by atoms with Crippen molar-refractivity contribution < 1.29 is 9.59 Å². The van der Waals surface area contributed by atoms with Crippen LogP contribution in [0.5, 0.6) is 0 Å². The van der Waals surface area contributed by atoms with Gasteiger partial charge in [0.25, 0.3) is 0 Å². The van der Waals surface area contributed by atoms with Gasteiger partial charge in [0.05, 0.1) is 6.04 Å². The van der Waals surface area contributed by atoms with Gasteiger partial charge in [-0.05, 0) is 43.0 Å². The highest BCUT2D eigenvalue weighted by Gasteiger charge is 2.33. The summed E-state index contributed by atoms with van der Waals surface area (Å²) < 4.78 is 0.